The molecule has 1 atom stereocenters. The van der Waals surface area contributed by atoms with E-state index >= 15 is 0 Å². The topological polar surface area (TPSA) is 60.9 Å². The van der Waals surface area contributed by atoms with Gasteiger partial charge in [0.1, 0.15) is 0 Å². The molecule has 0 aromatic carbocycles. The fourth-order valence-electron chi connectivity index (χ4n) is 4.67. The van der Waals surface area contributed by atoms with E-state index < -0.39 is 0 Å². The summed E-state index contributed by atoms with van der Waals surface area (Å²) in [6.45, 7) is 7.61. The SMILES string of the molecule is CCN1C(=O)CC(N2CCC(C3CCN(C(C)=O)CC3)CC2)C1=O. The van der Waals surface area contributed by atoms with E-state index in [0.29, 0.717) is 24.8 Å². The number of amides is 3. The van der Waals surface area contributed by atoms with E-state index in [0.717, 1.165) is 51.9 Å². The summed E-state index contributed by atoms with van der Waals surface area (Å²) in [5.41, 5.74) is 0. The largest absolute Gasteiger partial charge is 0.343 e. The van der Waals surface area contributed by atoms with Gasteiger partial charge in [-0.25, -0.2) is 0 Å². The molecule has 3 aliphatic rings. The van der Waals surface area contributed by atoms with Gasteiger partial charge in [-0.3, -0.25) is 24.2 Å². The van der Waals surface area contributed by atoms with Crippen LogP contribution in [0, 0.1) is 11.8 Å². The Kier molecular flexibility index (Phi) is 5.23. The van der Waals surface area contributed by atoms with Gasteiger partial charge in [-0.05, 0) is 57.5 Å². The maximum absolute atomic E-state index is 12.4. The molecule has 3 aliphatic heterocycles. The third-order valence-corrected chi connectivity index (χ3v) is 6.20. The second-order valence-electron chi connectivity index (χ2n) is 7.41. The molecule has 0 N–H and O–H groups in total. The Labute approximate surface area is 144 Å². The Hall–Kier alpha value is -1.43. The zero-order valence-corrected chi connectivity index (χ0v) is 14.9. The Morgan fingerprint density at radius 3 is 2.00 bits per heavy atom. The fraction of sp³-hybridized carbons (Fsp3) is 0.833. The zero-order chi connectivity index (χ0) is 17.3. The average Bonchev–Trinajstić information content (AvgIpc) is 2.89. The van der Waals surface area contributed by atoms with Crippen LogP contribution in [-0.4, -0.2) is 71.2 Å². The average molecular weight is 335 g/mol. The molecule has 0 aromatic rings. The highest BCUT2D eigenvalue weighted by molar-refractivity contribution is 6.05. The molecule has 6 nitrogen and oxygen atoms in total. The number of imide groups is 1. The summed E-state index contributed by atoms with van der Waals surface area (Å²) in [5.74, 6) is 1.57. The van der Waals surface area contributed by atoms with E-state index in [9.17, 15) is 14.4 Å². The van der Waals surface area contributed by atoms with E-state index in [-0.39, 0.29) is 23.8 Å². The monoisotopic (exact) mass is 335 g/mol. The fourth-order valence-corrected chi connectivity index (χ4v) is 4.67. The molecular formula is C18H29N3O3. The summed E-state index contributed by atoms with van der Waals surface area (Å²) in [7, 11) is 0. The van der Waals surface area contributed by atoms with Crippen LogP contribution in [-0.2, 0) is 14.4 Å². The van der Waals surface area contributed by atoms with Crippen molar-refractivity contribution in [1.29, 1.82) is 0 Å². The molecule has 6 heteroatoms. The predicted molar refractivity (Wildman–Crippen MR) is 90.1 cm³/mol. The molecule has 134 valence electrons. The minimum absolute atomic E-state index is 0.00397. The highest BCUT2D eigenvalue weighted by Gasteiger charge is 2.42. The lowest BCUT2D eigenvalue weighted by Crippen LogP contribution is -2.47. The number of rotatable bonds is 3. The van der Waals surface area contributed by atoms with Crippen LogP contribution in [0.15, 0.2) is 0 Å². The molecule has 0 radical (unpaired) electrons. The molecule has 0 spiro atoms. The van der Waals surface area contributed by atoms with Crippen molar-refractivity contribution in [1.82, 2.24) is 14.7 Å². The first-order valence-corrected chi connectivity index (χ1v) is 9.35. The minimum atomic E-state index is -0.224. The Balaban J connectivity index is 1.49. The molecule has 0 aliphatic carbocycles. The Morgan fingerprint density at radius 2 is 1.54 bits per heavy atom. The van der Waals surface area contributed by atoms with E-state index in [2.05, 4.69) is 4.90 Å². The zero-order valence-electron chi connectivity index (χ0n) is 14.9. The lowest BCUT2D eigenvalue weighted by atomic mass is 9.78. The quantitative estimate of drug-likeness (QED) is 0.725. The van der Waals surface area contributed by atoms with Crippen molar-refractivity contribution in [2.75, 3.05) is 32.7 Å². The Morgan fingerprint density at radius 1 is 1.00 bits per heavy atom. The summed E-state index contributed by atoms with van der Waals surface area (Å²) in [6.07, 6.45) is 4.78. The van der Waals surface area contributed by atoms with Gasteiger partial charge in [-0.15, -0.1) is 0 Å². The highest BCUT2D eigenvalue weighted by atomic mass is 16.2. The highest BCUT2D eigenvalue weighted by Crippen LogP contribution is 2.34. The number of hydrogen-bond donors (Lipinski definition) is 0. The molecule has 3 rings (SSSR count). The number of carbonyl (C=O) groups excluding carboxylic acids is 3. The van der Waals surface area contributed by atoms with Crippen LogP contribution < -0.4 is 0 Å². The van der Waals surface area contributed by atoms with Crippen LogP contribution in [0.5, 0.6) is 0 Å². The maximum atomic E-state index is 12.4. The second kappa shape index (κ2) is 7.21. The van der Waals surface area contributed by atoms with Gasteiger partial charge in [0.05, 0.1) is 12.5 Å². The number of nitrogens with zero attached hydrogens (tertiary/aromatic N) is 3. The Bertz CT molecular complexity index is 506. The standard InChI is InChI=1S/C18H29N3O3/c1-3-21-17(23)12-16(18(21)24)20-10-6-15(7-11-20)14-4-8-19(9-5-14)13(2)22/h14-16H,3-12H2,1-2H3. The molecule has 3 saturated heterocycles. The first-order valence-electron chi connectivity index (χ1n) is 9.35. The van der Waals surface area contributed by atoms with Crippen molar-refractivity contribution in [2.24, 2.45) is 11.8 Å². The first kappa shape index (κ1) is 17.4. The van der Waals surface area contributed by atoms with Gasteiger partial charge in [-0.2, -0.15) is 0 Å². The second-order valence-corrected chi connectivity index (χ2v) is 7.41. The summed E-state index contributed by atoms with van der Waals surface area (Å²) in [4.78, 5) is 41.3. The van der Waals surface area contributed by atoms with Crippen molar-refractivity contribution >= 4 is 17.7 Å². The lowest BCUT2D eigenvalue weighted by molar-refractivity contribution is -0.139. The normalized spacial score (nSPS) is 28.0. The van der Waals surface area contributed by atoms with Gasteiger partial charge >= 0.3 is 0 Å². The van der Waals surface area contributed by atoms with Crippen molar-refractivity contribution < 1.29 is 14.4 Å². The third-order valence-electron chi connectivity index (χ3n) is 6.20. The number of hydrogen-bond acceptors (Lipinski definition) is 4. The van der Waals surface area contributed by atoms with E-state index in [1.165, 1.54) is 4.90 Å². The van der Waals surface area contributed by atoms with Crippen LogP contribution in [0.1, 0.15) is 46.0 Å². The molecule has 24 heavy (non-hydrogen) atoms. The number of carbonyl (C=O) groups is 3. The smallest absolute Gasteiger partial charge is 0.247 e. The van der Waals surface area contributed by atoms with Gasteiger partial charge in [0.2, 0.25) is 17.7 Å². The molecule has 0 saturated carbocycles. The summed E-state index contributed by atoms with van der Waals surface area (Å²) < 4.78 is 0. The summed E-state index contributed by atoms with van der Waals surface area (Å²) in [5, 5.41) is 0. The summed E-state index contributed by atoms with van der Waals surface area (Å²) >= 11 is 0. The molecule has 0 aromatic heterocycles. The first-order chi connectivity index (χ1) is 11.5. The van der Waals surface area contributed by atoms with Crippen molar-refractivity contribution in [3.05, 3.63) is 0 Å². The molecule has 3 fully saturated rings. The minimum Gasteiger partial charge on any atom is -0.343 e. The molecule has 3 heterocycles. The van der Waals surface area contributed by atoms with Crippen LogP contribution >= 0.6 is 0 Å². The van der Waals surface area contributed by atoms with Crippen LogP contribution in [0.25, 0.3) is 0 Å². The van der Waals surface area contributed by atoms with Gasteiger partial charge in [0, 0.05) is 26.6 Å². The predicted octanol–water partition coefficient (Wildman–Crippen LogP) is 1.10. The van der Waals surface area contributed by atoms with Crippen LogP contribution in [0.2, 0.25) is 0 Å². The molecule has 0 bridgehead atoms. The summed E-state index contributed by atoms with van der Waals surface area (Å²) in [6, 6.07) is -0.224. The van der Waals surface area contributed by atoms with Gasteiger partial charge in [0.15, 0.2) is 0 Å². The van der Waals surface area contributed by atoms with Gasteiger partial charge < -0.3 is 4.90 Å². The van der Waals surface area contributed by atoms with E-state index in [1.807, 2.05) is 11.8 Å². The van der Waals surface area contributed by atoms with Crippen molar-refractivity contribution in [2.45, 2.75) is 52.0 Å². The maximum Gasteiger partial charge on any atom is 0.247 e. The molecular weight excluding hydrogens is 306 g/mol. The van der Waals surface area contributed by atoms with Crippen LogP contribution in [0.3, 0.4) is 0 Å². The van der Waals surface area contributed by atoms with Crippen LogP contribution in [0.4, 0.5) is 0 Å². The number of piperidine rings is 2. The van der Waals surface area contributed by atoms with Gasteiger partial charge in [0.25, 0.3) is 0 Å². The third kappa shape index (κ3) is 3.34. The molecule has 3 amide bonds. The van der Waals surface area contributed by atoms with Crippen molar-refractivity contribution in [3.63, 3.8) is 0 Å². The lowest BCUT2D eigenvalue weighted by Gasteiger charge is -2.41. The molecule has 1 unspecified atom stereocenters. The van der Waals surface area contributed by atoms with E-state index in [1.54, 1.807) is 6.92 Å². The number of likely N-dealkylation sites (tertiary alicyclic amines) is 3. The van der Waals surface area contributed by atoms with Crippen molar-refractivity contribution in [3.8, 4) is 0 Å². The van der Waals surface area contributed by atoms with E-state index in [4.69, 9.17) is 0 Å². The van der Waals surface area contributed by atoms with Gasteiger partial charge in [-0.1, -0.05) is 0 Å². The number of likely N-dealkylation sites (N-methyl/N-ethyl adjacent to an activating group) is 1.